The van der Waals surface area contributed by atoms with Crippen molar-refractivity contribution in [2.24, 2.45) is 0 Å². The van der Waals surface area contributed by atoms with Gasteiger partial charge in [0.05, 0.1) is 17.9 Å². The summed E-state index contributed by atoms with van der Waals surface area (Å²) in [4.78, 5) is 24.8. The number of benzene rings is 3. The Balaban J connectivity index is 1.25. The fourth-order valence-corrected chi connectivity index (χ4v) is 5.67. The van der Waals surface area contributed by atoms with E-state index in [9.17, 15) is 18.0 Å². The molecule has 0 unspecified atom stereocenters. The summed E-state index contributed by atoms with van der Waals surface area (Å²) in [5.74, 6) is -0.532. The van der Waals surface area contributed by atoms with E-state index in [1.807, 2.05) is 42.5 Å². The number of carbonyl (C=O) groups excluding carboxylic acids is 2. The predicted molar refractivity (Wildman–Crippen MR) is 132 cm³/mol. The molecule has 7 nitrogen and oxygen atoms in total. The fourth-order valence-electron chi connectivity index (χ4n) is 4.16. The van der Waals surface area contributed by atoms with Crippen LogP contribution in [0.3, 0.4) is 0 Å². The fraction of sp³-hybridized carbons (Fsp3) is 0.308. The highest BCUT2D eigenvalue weighted by molar-refractivity contribution is 7.89. The van der Waals surface area contributed by atoms with Gasteiger partial charge in [0.1, 0.15) is 0 Å². The largest absolute Gasteiger partial charge is 0.350 e. The van der Waals surface area contributed by atoms with Crippen LogP contribution in [0.4, 0.5) is 0 Å². The van der Waals surface area contributed by atoms with Gasteiger partial charge in [-0.3, -0.25) is 9.59 Å². The van der Waals surface area contributed by atoms with E-state index in [1.54, 1.807) is 24.3 Å². The van der Waals surface area contributed by atoms with Gasteiger partial charge >= 0.3 is 0 Å². The van der Waals surface area contributed by atoms with E-state index in [-0.39, 0.29) is 36.2 Å². The summed E-state index contributed by atoms with van der Waals surface area (Å²) in [5, 5.41) is 7.51. The van der Waals surface area contributed by atoms with E-state index < -0.39 is 10.0 Å². The van der Waals surface area contributed by atoms with Gasteiger partial charge in [0.25, 0.3) is 0 Å². The molecule has 0 atom stereocenters. The molecule has 0 spiro atoms. The predicted octanol–water partition coefficient (Wildman–Crippen LogP) is 2.99. The molecule has 2 amide bonds. The minimum absolute atomic E-state index is 0.120. The topological polar surface area (TPSA) is 95.6 Å². The molecule has 3 aromatic rings. The zero-order valence-corrected chi connectivity index (χ0v) is 19.8. The number of carbonyl (C=O) groups is 2. The van der Waals surface area contributed by atoms with Gasteiger partial charge in [0.15, 0.2) is 0 Å². The molecule has 1 aliphatic rings. The molecule has 3 aromatic carbocycles. The van der Waals surface area contributed by atoms with Crippen molar-refractivity contribution in [1.82, 2.24) is 14.9 Å². The summed E-state index contributed by atoms with van der Waals surface area (Å²) in [5.41, 5.74) is 1.70. The quantitative estimate of drug-likeness (QED) is 0.519. The highest BCUT2D eigenvalue weighted by atomic mass is 32.2. The zero-order chi connectivity index (χ0) is 24.0. The van der Waals surface area contributed by atoms with Crippen LogP contribution >= 0.6 is 0 Å². The number of piperidine rings is 1. The summed E-state index contributed by atoms with van der Waals surface area (Å²) in [7, 11) is -3.47. The van der Waals surface area contributed by atoms with Crippen LogP contribution in [0, 0.1) is 0 Å². The first kappa shape index (κ1) is 23.9. The van der Waals surface area contributed by atoms with Crippen LogP contribution in [0.5, 0.6) is 0 Å². The standard InChI is InChI=1S/C26H29N3O4S/c30-25(17-22-9-6-8-21-7-2-3-10-24(21)22)28-19-26(31)27-18-20-11-13-23(14-12-20)34(32,33)29-15-4-1-5-16-29/h2-3,6-14H,1,4-5,15-19H2,(H,27,31)(H,28,30). The molecule has 0 saturated carbocycles. The van der Waals surface area contributed by atoms with Crippen LogP contribution in [0.1, 0.15) is 30.4 Å². The number of fused-ring (bicyclic) bond motifs is 1. The molecule has 1 fully saturated rings. The zero-order valence-electron chi connectivity index (χ0n) is 19.0. The van der Waals surface area contributed by atoms with Gasteiger partial charge in [0, 0.05) is 19.6 Å². The summed E-state index contributed by atoms with van der Waals surface area (Å²) in [6.07, 6.45) is 3.04. The minimum atomic E-state index is -3.47. The molecule has 0 radical (unpaired) electrons. The molecule has 1 saturated heterocycles. The lowest BCUT2D eigenvalue weighted by molar-refractivity contribution is -0.125. The Morgan fingerprint density at radius 2 is 1.50 bits per heavy atom. The van der Waals surface area contributed by atoms with Crippen molar-refractivity contribution in [3.05, 3.63) is 77.9 Å². The van der Waals surface area contributed by atoms with Crippen molar-refractivity contribution in [3.8, 4) is 0 Å². The van der Waals surface area contributed by atoms with Crippen molar-refractivity contribution in [1.29, 1.82) is 0 Å². The van der Waals surface area contributed by atoms with E-state index in [0.29, 0.717) is 13.1 Å². The van der Waals surface area contributed by atoms with Gasteiger partial charge in [-0.1, -0.05) is 61.0 Å². The normalized spacial score (nSPS) is 14.6. The first-order chi connectivity index (χ1) is 16.4. The average Bonchev–Trinajstić information content (AvgIpc) is 2.87. The SMILES string of the molecule is O=C(CNC(=O)Cc1cccc2ccccc12)NCc1ccc(S(=O)(=O)N2CCCCC2)cc1. The molecule has 8 heteroatoms. The Labute approximate surface area is 200 Å². The second kappa shape index (κ2) is 10.8. The Morgan fingerprint density at radius 1 is 0.794 bits per heavy atom. The van der Waals surface area contributed by atoms with E-state index in [4.69, 9.17) is 0 Å². The first-order valence-corrected chi connectivity index (χ1v) is 13.0. The molecule has 2 N–H and O–H groups in total. The number of rotatable bonds is 8. The molecule has 0 aliphatic carbocycles. The maximum Gasteiger partial charge on any atom is 0.243 e. The third-order valence-corrected chi connectivity index (χ3v) is 7.96. The van der Waals surface area contributed by atoms with E-state index in [0.717, 1.165) is 41.2 Å². The number of amides is 2. The van der Waals surface area contributed by atoms with Crippen molar-refractivity contribution in [3.63, 3.8) is 0 Å². The first-order valence-electron chi connectivity index (χ1n) is 11.5. The highest BCUT2D eigenvalue weighted by Gasteiger charge is 2.25. The highest BCUT2D eigenvalue weighted by Crippen LogP contribution is 2.21. The molecule has 178 valence electrons. The third-order valence-electron chi connectivity index (χ3n) is 6.04. The number of sulfonamides is 1. The molecule has 1 heterocycles. The number of nitrogens with zero attached hydrogens (tertiary/aromatic N) is 1. The molecule has 0 bridgehead atoms. The lowest BCUT2D eigenvalue weighted by Crippen LogP contribution is -2.37. The Bertz CT molecular complexity index is 1260. The van der Waals surface area contributed by atoms with Gasteiger partial charge in [-0.15, -0.1) is 0 Å². The summed E-state index contributed by atoms with van der Waals surface area (Å²) >= 11 is 0. The number of nitrogens with one attached hydrogen (secondary N) is 2. The molecule has 0 aromatic heterocycles. The monoisotopic (exact) mass is 479 g/mol. The van der Waals surface area contributed by atoms with E-state index in [1.165, 1.54) is 4.31 Å². The van der Waals surface area contributed by atoms with Gasteiger partial charge in [-0.05, 0) is 46.9 Å². The third kappa shape index (κ3) is 5.81. The summed E-state index contributed by atoms with van der Waals surface area (Å²) in [6.45, 7) is 1.26. The lowest BCUT2D eigenvalue weighted by Gasteiger charge is -2.25. The molecular weight excluding hydrogens is 450 g/mol. The van der Waals surface area contributed by atoms with Crippen molar-refractivity contribution in [2.45, 2.75) is 37.1 Å². The summed E-state index contributed by atoms with van der Waals surface area (Å²) < 4.78 is 27.0. The van der Waals surface area contributed by atoms with Crippen LogP contribution in [-0.2, 0) is 32.6 Å². The van der Waals surface area contributed by atoms with Crippen LogP contribution in [0.15, 0.2) is 71.6 Å². The van der Waals surface area contributed by atoms with Gasteiger partial charge in [-0.25, -0.2) is 8.42 Å². The van der Waals surface area contributed by atoms with Gasteiger partial charge in [-0.2, -0.15) is 4.31 Å². The minimum Gasteiger partial charge on any atom is -0.350 e. The maximum atomic E-state index is 12.7. The molecule has 4 rings (SSSR count). The van der Waals surface area contributed by atoms with E-state index in [2.05, 4.69) is 10.6 Å². The van der Waals surface area contributed by atoms with Crippen LogP contribution in [-0.4, -0.2) is 44.2 Å². The van der Waals surface area contributed by atoms with E-state index >= 15 is 0 Å². The second-order valence-electron chi connectivity index (χ2n) is 8.48. The average molecular weight is 480 g/mol. The lowest BCUT2D eigenvalue weighted by atomic mass is 10.0. The Kier molecular flexibility index (Phi) is 7.59. The second-order valence-corrected chi connectivity index (χ2v) is 10.4. The van der Waals surface area contributed by atoms with Crippen molar-refractivity contribution >= 4 is 32.6 Å². The maximum absolute atomic E-state index is 12.7. The number of hydrogen-bond acceptors (Lipinski definition) is 4. The molecule has 34 heavy (non-hydrogen) atoms. The van der Waals surface area contributed by atoms with Crippen molar-refractivity contribution < 1.29 is 18.0 Å². The summed E-state index contributed by atoms with van der Waals surface area (Å²) in [6, 6.07) is 20.3. The van der Waals surface area contributed by atoms with Crippen LogP contribution < -0.4 is 10.6 Å². The Hall–Kier alpha value is -3.23. The Morgan fingerprint density at radius 3 is 2.26 bits per heavy atom. The number of hydrogen-bond donors (Lipinski definition) is 2. The smallest absolute Gasteiger partial charge is 0.243 e. The van der Waals surface area contributed by atoms with Gasteiger partial charge < -0.3 is 10.6 Å². The van der Waals surface area contributed by atoms with Crippen LogP contribution in [0.25, 0.3) is 10.8 Å². The molecular formula is C26H29N3O4S. The molecule has 1 aliphatic heterocycles. The van der Waals surface area contributed by atoms with Crippen LogP contribution in [0.2, 0.25) is 0 Å². The van der Waals surface area contributed by atoms with Crippen molar-refractivity contribution in [2.75, 3.05) is 19.6 Å². The van der Waals surface area contributed by atoms with Gasteiger partial charge in [0.2, 0.25) is 21.8 Å².